The molecule has 0 bridgehead atoms. The molecular weight excluding hydrogens is 1560 g/mol. The lowest BCUT2D eigenvalue weighted by Gasteiger charge is -2.37. The maximum atomic E-state index is 15.4. The number of carbonyl (C=O) groups is 11. The van der Waals surface area contributed by atoms with Gasteiger partial charge in [-0.25, -0.2) is 28.6 Å². The summed E-state index contributed by atoms with van der Waals surface area (Å²) >= 11 is 0. The third-order valence-corrected chi connectivity index (χ3v) is 19.7. The summed E-state index contributed by atoms with van der Waals surface area (Å²) in [5, 5.41) is 29.4. The van der Waals surface area contributed by atoms with Crippen molar-refractivity contribution in [2.45, 2.75) is 206 Å². The van der Waals surface area contributed by atoms with Crippen LogP contribution in [0.25, 0.3) is 22.3 Å². The summed E-state index contributed by atoms with van der Waals surface area (Å²) in [7, 11) is 0. The Balaban J connectivity index is 0.789. The van der Waals surface area contributed by atoms with Gasteiger partial charge in [-0.2, -0.15) is 0 Å². The Morgan fingerprint density at radius 1 is 0.639 bits per heavy atom. The van der Waals surface area contributed by atoms with Gasteiger partial charge >= 0.3 is 30.1 Å². The van der Waals surface area contributed by atoms with Crippen LogP contribution in [0, 0.1) is 18.7 Å². The van der Waals surface area contributed by atoms with E-state index in [-0.39, 0.29) is 174 Å². The van der Waals surface area contributed by atoms with Crippen LogP contribution in [0.5, 0.6) is 0 Å². The van der Waals surface area contributed by atoms with Crippen molar-refractivity contribution in [3.63, 3.8) is 0 Å². The third kappa shape index (κ3) is 30.5. The minimum Gasteiger partial charge on any atom is -0.481 e. The number of aliphatic carboxylic acids is 1. The molecule has 2 aromatic heterocycles. The van der Waals surface area contributed by atoms with Crippen LogP contribution in [-0.4, -0.2) is 272 Å². The Morgan fingerprint density at radius 2 is 1.15 bits per heavy atom. The minimum atomic E-state index is -2.18. The highest BCUT2D eigenvalue weighted by atomic mass is 19.1. The molecule has 0 radical (unpaired) electrons. The minimum absolute atomic E-state index is 0.00872. The van der Waals surface area contributed by atoms with Gasteiger partial charge in [-0.05, 0) is 129 Å². The molecule has 0 spiro atoms. The van der Waals surface area contributed by atoms with Gasteiger partial charge < -0.3 is 119 Å². The first-order valence-electron chi connectivity index (χ1n) is 40.9. The molecule has 7 rings (SSSR count). The molecule has 10 N–H and O–H groups in total. The number of nitrogens with one attached hydrogen (secondary N) is 7. The zero-order valence-electron chi connectivity index (χ0n) is 70.2. The largest absolute Gasteiger partial charge is 0.481 e. The molecule has 6 atom stereocenters. The van der Waals surface area contributed by atoms with Crippen LogP contribution in [0.1, 0.15) is 172 Å². The Hall–Kier alpha value is -9.12. The van der Waals surface area contributed by atoms with Gasteiger partial charge in [-0.1, -0.05) is 20.8 Å². The SMILES string of the molecule is CC[C@@]1(OC(=O)[C@@H](NC(=O)[C@@H]2CCCN2C(=O)[C@H](CC(=O)O)NC(=O)CCOCCOCCOCCNC(=O)[C@H](CCCCNC(=O)CCOCCOCCOCCNC(=O)OC(C)(C)C)NC(=O)CCOCCOCCOCCNC(=O)OC(C)(C)C)C(C)C)C(=O)OCc2c1cc1n(c2=O)Cc2c-1nc1cc(F)c(C)c3c1c2[C@@H](N)CC3. The number of aryl methyl sites for hydroxylation is 1. The molecule has 664 valence electrons. The summed E-state index contributed by atoms with van der Waals surface area (Å²) in [5.74, 6) is -7.98. The zero-order valence-corrected chi connectivity index (χ0v) is 70.2. The van der Waals surface area contributed by atoms with Crippen LogP contribution in [0.3, 0.4) is 0 Å². The normalized spacial score (nSPS) is 16.8. The summed E-state index contributed by atoms with van der Waals surface area (Å²) in [5.41, 5.74) is 6.78. The molecule has 1 fully saturated rings. The first-order valence-corrected chi connectivity index (χ1v) is 40.9. The van der Waals surface area contributed by atoms with Crippen molar-refractivity contribution in [2.24, 2.45) is 11.7 Å². The number of hydrogen-bond donors (Lipinski definition) is 9. The van der Waals surface area contributed by atoms with Crippen molar-refractivity contribution >= 4 is 76.4 Å². The summed E-state index contributed by atoms with van der Waals surface area (Å²) in [6.45, 7) is 21.2. The number of carboxylic acid groups (broad SMARTS) is 1. The quantitative estimate of drug-likeness (QED) is 0.0174. The lowest BCUT2D eigenvalue weighted by molar-refractivity contribution is -0.191. The summed E-state index contributed by atoms with van der Waals surface area (Å²) in [6.07, 6.45) is 0.458. The highest BCUT2D eigenvalue weighted by molar-refractivity contribution is 5.97. The first-order chi connectivity index (χ1) is 56.7. The van der Waals surface area contributed by atoms with Crippen LogP contribution >= 0.6 is 0 Å². The van der Waals surface area contributed by atoms with E-state index in [0.29, 0.717) is 99.7 Å². The van der Waals surface area contributed by atoms with Crippen LogP contribution in [0.2, 0.25) is 0 Å². The van der Waals surface area contributed by atoms with E-state index in [0.717, 1.165) is 21.4 Å². The Morgan fingerprint density at radius 3 is 1.67 bits per heavy atom. The number of cyclic esters (lactones) is 1. The molecule has 1 aromatic carbocycles. The number of ether oxygens (including phenoxy) is 13. The molecule has 8 amide bonds. The number of esters is 2. The molecule has 3 aromatic rings. The van der Waals surface area contributed by atoms with E-state index in [1.807, 2.05) is 0 Å². The topological polar surface area (TPSA) is 476 Å². The lowest BCUT2D eigenvalue weighted by Crippen LogP contribution is -2.57. The van der Waals surface area contributed by atoms with Gasteiger partial charge in [-0.3, -0.25) is 38.4 Å². The number of carboxylic acids is 1. The summed E-state index contributed by atoms with van der Waals surface area (Å²) < 4.78 is 88.8. The molecule has 38 heteroatoms. The average molecular weight is 1680 g/mol. The second kappa shape index (κ2) is 48.4. The molecule has 0 saturated carbocycles. The molecule has 1 aliphatic carbocycles. The number of fused-ring (bicyclic) bond motifs is 5. The average Bonchev–Trinajstić information content (AvgIpc) is 1.59. The van der Waals surface area contributed by atoms with E-state index >= 15 is 4.39 Å². The maximum Gasteiger partial charge on any atom is 0.407 e. The van der Waals surface area contributed by atoms with E-state index in [1.54, 1.807) is 75.3 Å². The zero-order chi connectivity index (χ0) is 86.8. The number of pyridine rings is 2. The number of alkyl carbamates (subject to hydrolysis) is 2. The Kier molecular flexibility index (Phi) is 39.4. The van der Waals surface area contributed by atoms with E-state index < -0.39 is 137 Å². The number of nitrogens with two attached hydrogens (primary N) is 1. The number of amides is 8. The number of nitrogens with zero attached hydrogens (tertiary/aromatic N) is 3. The highest BCUT2D eigenvalue weighted by Crippen LogP contribution is 2.46. The fraction of sp³-hybridized carbons (Fsp3) is 0.691. The predicted molar refractivity (Wildman–Crippen MR) is 426 cm³/mol. The molecule has 1 saturated heterocycles. The molecule has 3 aliphatic heterocycles. The van der Waals surface area contributed by atoms with Gasteiger partial charge in [-0.15, -0.1) is 0 Å². The summed E-state index contributed by atoms with van der Waals surface area (Å²) in [4.78, 5) is 166. The van der Waals surface area contributed by atoms with Crippen molar-refractivity contribution in [1.29, 1.82) is 0 Å². The Labute approximate surface area is 692 Å². The fourth-order valence-corrected chi connectivity index (χ4v) is 13.8. The smallest absolute Gasteiger partial charge is 0.407 e. The predicted octanol–water partition coefficient (Wildman–Crippen LogP) is 3.37. The van der Waals surface area contributed by atoms with Crippen molar-refractivity contribution in [2.75, 3.05) is 152 Å². The van der Waals surface area contributed by atoms with E-state index in [2.05, 4.69) is 37.2 Å². The van der Waals surface area contributed by atoms with E-state index in [4.69, 9.17) is 72.3 Å². The monoisotopic (exact) mass is 1680 g/mol. The molecular formula is C81H122FN11O26. The molecule has 0 unspecified atom stereocenters. The highest BCUT2D eigenvalue weighted by Gasteiger charge is 2.52. The fourth-order valence-electron chi connectivity index (χ4n) is 13.8. The van der Waals surface area contributed by atoms with E-state index in [9.17, 15) is 62.6 Å². The van der Waals surface area contributed by atoms with Gasteiger partial charge in [0.15, 0.2) is 0 Å². The van der Waals surface area contributed by atoms with Crippen LogP contribution < -0.4 is 48.5 Å². The number of aromatic nitrogens is 2. The number of likely N-dealkylation sites (tertiary alicyclic amines) is 1. The van der Waals surface area contributed by atoms with Gasteiger partial charge in [0.25, 0.3) is 5.56 Å². The van der Waals surface area contributed by atoms with Gasteiger partial charge in [0, 0.05) is 80.6 Å². The number of halogens is 1. The molecule has 4 aliphatic rings. The van der Waals surface area contributed by atoms with Gasteiger partial charge in [0.05, 0.1) is 154 Å². The summed E-state index contributed by atoms with van der Waals surface area (Å²) in [6, 6.07) is -2.67. The van der Waals surface area contributed by atoms with Crippen molar-refractivity contribution in [3.05, 3.63) is 61.7 Å². The first kappa shape index (κ1) is 97.0. The number of carbonyl (C=O) groups excluding carboxylic acids is 10. The van der Waals surface area contributed by atoms with Crippen molar-refractivity contribution in [3.8, 4) is 11.4 Å². The Bertz CT molecular complexity index is 4000. The third-order valence-electron chi connectivity index (χ3n) is 19.7. The second-order valence-electron chi connectivity index (χ2n) is 31.4. The molecule has 119 heavy (non-hydrogen) atoms. The number of rotatable bonds is 53. The van der Waals surface area contributed by atoms with Crippen molar-refractivity contribution < 1.29 is 124 Å². The standard InChI is InChI=1S/C81H122FN11O26/c1-11-81(55-45-62-70-53(48-93(62)73(101)54(55)49-116-76(81)104)67-57(83)18-17-52-51(4)56(82)46-59(90-70)68(52)67)117-75(103)69(50(2)3)91-72(100)61-16-14-26-92(61)74(102)60(47-66(97)98)89-65(96)21-29-109-35-41-114-42-36-110-30-23-85-71(99)58(88-64(95)20-28-108-34-40-115-44-38-112-32-25-87-78(106)119-80(8,9)10)15-12-13-22-84-63(94)19-27-107-33-39-113-43-37-111-31-24-86-77(105)118-79(5,6)7/h45-46,50,57-58,60-61,69H,11-44,47-49,83H2,1-10H3,(H,84,94)(H,85,99)(H,86,105)(H,87,106)(H,88,95)(H,89,96)(H,91,100)(H,97,98)/t57-,58-,60-,61-,69-,81-/m0/s1. The number of unbranched alkanes of at least 4 members (excludes halogenated alkanes) is 1. The number of hydrogen-bond acceptors (Lipinski definition) is 27. The van der Waals surface area contributed by atoms with Crippen LogP contribution in [0.15, 0.2) is 16.9 Å². The lowest BCUT2D eigenvalue weighted by atomic mass is 9.82. The van der Waals surface area contributed by atoms with E-state index in [1.165, 1.54) is 10.6 Å². The van der Waals surface area contributed by atoms with Crippen LogP contribution in [0.4, 0.5) is 14.0 Å². The molecule has 37 nitrogen and oxygen atoms in total. The maximum absolute atomic E-state index is 15.4. The van der Waals surface area contributed by atoms with Crippen LogP contribution in [-0.2, 0) is 130 Å². The second-order valence-corrected chi connectivity index (χ2v) is 31.4. The van der Waals surface area contributed by atoms with Gasteiger partial charge in [0.2, 0.25) is 41.0 Å². The van der Waals surface area contributed by atoms with Gasteiger partial charge in [0.1, 0.15) is 47.8 Å². The number of benzene rings is 1. The van der Waals surface area contributed by atoms with Crippen molar-refractivity contribution in [1.82, 2.24) is 51.7 Å². The molecule has 5 heterocycles.